The maximum atomic E-state index is 12.4. The van der Waals surface area contributed by atoms with Crippen LogP contribution >= 0.6 is 0 Å². The highest BCUT2D eigenvalue weighted by molar-refractivity contribution is 5.76. The second-order valence-electron chi connectivity index (χ2n) is 7.48. The molecule has 2 N–H and O–H groups in total. The number of morpholine rings is 1. The van der Waals surface area contributed by atoms with Crippen LogP contribution in [0.2, 0.25) is 0 Å². The van der Waals surface area contributed by atoms with Crippen molar-refractivity contribution in [1.82, 2.24) is 25.4 Å². The molecular weight excluding hydrogens is 398 g/mol. The zero-order valence-corrected chi connectivity index (χ0v) is 18.1. The summed E-state index contributed by atoms with van der Waals surface area (Å²) in [4.78, 5) is 29.5. The molecule has 9 nitrogen and oxygen atoms in total. The van der Waals surface area contributed by atoms with Crippen LogP contribution in [-0.2, 0) is 16.0 Å². The molecule has 0 spiro atoms. The molecule has 1 saturated heterocycles. The average Bonchev–Trinajstić information content (AvgIpc) is 2.80. The maximum absolute atomic E-state index is 12.4. The SMILES string of the molecule is CCCOc1cccc(-c2nnc(CCC(=O)NCCCN3CCOCC3)c(=O)[nH]2)c1. The van der Waals surface area contributed by atoms with Crippen molar-refractivity contribution in [1.29, 1.82) is 0 Å². The standard InChI is InChI=1S/C22H31N5O4/c1-2-13-31-18-6-3-5-17(16-18)21-24-22(29)19(25-26-21)7-8-20(28)23-9-4-10-27-11-14-30-15-12-27/h3,5-6,16H,2,4,7-15H2,1H3,(H,23,28)(H,24,26,29). The van der Waals surface area contributed by atoms with Crippen LogP contribution < -0.4 is 15.6 Å². The minimum Gasteiger partial charge on any atom is -0.494 e. The maximum Gasteiger partial charge on any atom is 0.273 e. The lowest BCUT2D eigenvalue weighted by Crippen LogP contribution is -2.38. The number of nitrogens with one attached hydrogen (secondary N) is 2. The Morgan fingerprint density at radius 3 is 2.90 bits per heavy atom. The van der Waals surface area contributed by atoms with Crippen LogP contribution in [0.1, 0.15) is 31.9 Å². The highest BCUT2D eigenvalue weighted by Gasteiger charge is 2.11. The lowest BCUT2D eigenvalue weighted by Gasteiger charge is -2.26. The highest BCUT2D eigenvalue weighted by atomic mass is 16.5. The van der Waals surface area contributed by atoms with E-state index in [1.54, 1.807) is 0 Å². The Labute approximate surface area is 182 Å². The van der Waals surface area contributed by atoms with E-state index in [-0.39, 0.29) is 30.0 Å². The number of aryl methyl sites for hydroxylation is 1. The van der Waals surface area contributed by atoms with Gasteiger partial charge in [0.2, 0.25) is 5.91 Å². The van der Waals surface area contributed by atoms with Gasteiger partial charge in [-0.15, -0.1) is 10.2 Å². The number of rotatable bonds is 11. The van der Waals surface area contributed by atoms with Crippen molar-refractivity contribution in [3.63, 3.8) is 0 Å². The second kappa shape index (κ2) is 12.2. The predicted molar refractivity (Wildman–Crippen MR) is 117 cm³/mol. The van der Waals surface area contributed by atoms with Gasteiger partial charge in [0, 0.05) is 38.0 Å². The normalized spacial score (nSPS) is 14.4. The first-order valence-corrected chi connectivity index (χ1v) is 10.9. The number of carbonyl (C=O) groups is 1. The number of ether oxygens (including phenoxy) is 2. The van der Waals surface area contributed by atoms with Crippen LogP contribution in [0.5, 0.6) is 5.75 Å². The van der Waals surface area contributed by atoms with Gasteiger partial charge in [-0.1, -0.05) is 19.1 Å². The first-order chi connectivity index (χ1) is 15.2. The van der Waals surface area contributed by atoms with Gasteiger partial charge in [0.05, 0.1) is 19.8 Å². The van der Waals surface area contributed by atoms with Crippen LogP contribution in [0, 0.1) is 0 Å². The van der Waals surface area contributed by atoms with Crippen LogP contribution in [0.3, 0.4) is 0 Å². The number of hydrogen-bond donors (Lipinski definition) is 2. The van der Waals surface area contributed by atoms with Gasteiger partial charge in [0.15, 0.2) is 5.82 Å². The molecule has 1 aliphatic rings. The number of carbonyl (C=O) groups excluding carboxylic acids is 1. The predicted octanol–water partition coefficient (Wildman–Crippen LogP) is 1.39. The van der Waals surface area contributed by atoms with E-state index in [4.69, 9.17) is 9.47 Å². The second-order valence-corrected chi connectivity index (χ2v) is 7.48. The van der Waals surface area contributed by atoms with Gasteiger partial charge in [-0.05, 0) is 31.5 Å². The van der Waals surface area contributed by atoms with E-state index in [9.17, 15) is 9.59 Å². The summed E-state index contributed by atoms with van der Waals surface area (Å²) in [5.41, 5.74) is 0.651. The number of amides is 1. The molecule has 1 fully saturated rings. The summed E-state index contributed by atoms with van der Waals surface area (Å²) in [5, 5.41) is 11.1. The molecule has 1 aromatic heterocycles. The molecule has 9 heteroatoms. The summed E-state index contributed by atoms with van der Waals surface area (Å²) in [6.07, 6.45) is 2.26. The lowest BCUT2D eigenvalue weighted by atomic mass is 10.2. The number of hydrogen-bond acceptors (Lipinski definition) is 7. The summed E-state index contributed by atoms with van der Waals surface area (Å²) < 4.78 is 10.9. The summed E-state index contributed by atoms with van der Waals surface area (Å²) in [6, 6.07) is 7.36. The molecule has 0 atom stereocenters. The molecule has 0 bridgehead atoms. The smallest absolute Gasteiger partial charge is 0.273 e. The molecule has 1 amide bonds. The molecule has 0 radical (unpaired) electrons. The quantitative estimate of drug-likeness (QED) is 0.520. The number of nitrogens with zero attached hydrogens (tertiary/aromatic N) is 3. The van der Waals surface area contributed by atoms with Crippen LogP contribution in [0.4, 0.5) is 0 Å². The van der Waals surface area contributed by atoms with Crippen molar-refractivity contribution in [2.24, 2.45) is 0 Å². The van der Waals surface area contributed by atoms with Gasteiger partial charge < -0.3 is 19.8 Å². The molecule has 31 heavy (non-hydrogen) atoms. The van der Waals surface area contributed by atoms with Crippen LogP contribution in [-0.4, -0.2) is 72.0 Å². The fourth-order valence-corrected chi connectivity index (χ4v) is 3.28. The number of aromatic amines is 1. The fraction of sp³-hybridized carbons (Fsp3) is 0.545. The molecule has 168 valence electrons. The first-order valence-electron chi connectivity index (χ1n) is 10.9. The van der Waals surface area contributed by atoms with Crippen molar-refractivity contribution in [3.05, 3.63) is 40.3 Å². The lowest BCUT2D eigenvalue weighted by molar-refractivity contribution is -0.121. The summed E-state index contributed by atoms with van der Waals surface area (Å²) in [5.74, 6) is 1.01. The molecule has 2 heterocycles. The van der Waals surface area contributed by atoms with Crippen molar-refractivity contribution in [3.8, 4) is 17.1 Å². The molecule has 3 rings (SSSR count). The zero-order chi connectivity index (χ0) is 21.9. The minimum atomic E-state index is -0.329. The first kappa shape index (κ1) is 22.9. The molecule has 0 aliphatic carbocycles. The van der Waals surface area contributed by atoms with Gasteiger partial charge >= 0.3 is 0 Å². The van der Waals surface area contributed by atoms with Crippen LogP contribution in [0.15, 0.2) is 29.1 Å². The van der Waals surface area contributed by atoms with Crippen molar-refractivity contribution < 1.29 is 14.3 Å². The summed E-state index contributed by atoms with van der Waals surface area (Å²) in [7, 11) is 0. The van der Waals surface area contributed by atoms with E-state index < -0.39 is 0 Å². The van der Waals surface area contributed by atoms with Crippen LogP contribution in [0.25, 0.3) is 11.4 Å². The topological polar surface area (TPSA) is 109 Å². The Morgan fingerprint density at radius 2 is 2.13 bits per heavy atom. The third kappa shape index (κ3) is 7.45. The zero-order valence-electron chi connectivity index (χ0n) is 18.1. The number of benzene rings is 1. The van der Waals surface area contributed by atoms with Crippen molar-refractivity contribution in [2.45, 2.75) is 32.6 Å². The molecule has 0 unspecified atom stereocenters. The van der Waals surface area contributed by atoms with Gasteiger partial charge in [-0.25, -0.2) is 0 Å². The Balaban J connectivity index is 1.44. The number of aromatic nitrogens is 3. The Bertz CT molecular complexity index is 895. The van der Waals surface area contributed by atoms with Crippen molar-refractivity contribution >= 4 is 5.91 Å². The van der Waals surface area contributed by atoms with E-state index in [1.807, 2.05) is 31.2 Å². The minimum absolute atomic E-state index is 0.0898. The van der Waals surface area contributed by atoms with Crippen molar-refractivity contribution in [2.75, 3.05) is 46.0 Å². The van der Waals surface area contributed by atoms with Gasteiger partial charge in [0.25, 0.3) is 5.56 Å². The fourth-order valence-electron chi connectivity index (χ4n) is 3.28. The summed E-state index contributed by atoms with van der Waals surface area (Å²) >= 11 is 0. The van der Waals surface area contributed by atoms with E-state index in [2.05, 4.69) is 25.4 Å². The highest BCUT2D eigenvalue weighted by Crippen LogP contribution is 2.20. The molecule has 2 aromatic rings. The Kier molecular flexibility index (Phi) is 8.99. The average molecular weight is 430 g/mol. The molecular formula is C22H31N5O4. The van der Waals surface area contributed by atoms with E-state index in [0.717, 1.165) is 57.0 Å². The van der Waals surface area contributed by atoms with E-state index >= 15 is 0 Å². The van der Waals surface area contributed by atoms with E-state index in [1.165, 1.54) is 0 Å². The molecule has 1 aliphatic heterocycles. The molecule has 1 aromatic carbocycles. The molecule has 0 saturated carbocycles. The Morgan fingerprint density at radius 1 is 1.29 bits per heavy atom. The van der Waals surface area contributed by atoms with Gasteiger partial charge in [-0.3, -0.25) is 14.5 Å². The van der Waals surface area contributed by atoms with Gasteiger partial charge in [-0.2, -0.15) is 0 Å². The number of H-pyrrole nitrogens is 1. The van der Waals surface area contributed by atoms with E-state index in [0.29, 0.717) is 19.0 Å². The van der Waals surface area contributed by atoms with Gasteiger partial charge in [0.1, 0.15) is 11.4 Å². The monoisotopic (exact) mass is 429 g/mol. The summed E-state index contributed by atoms with van der Waals surface area (Å²) in [6.45, 7) is 7.67. The third-order valence-corrected chi connectivity index (χ3v) is 5.01. The third-order valence-electron chi connectivity index (χ3n) is 5.01. The largest absolute Gasteiger partial charge is 0.494 e. The Hall–Kier alpha value is -2.78.